The summed E-state index contributed by atoms with van der Waals surface area (Å²) in [7, 11) is -3.82. The van der Waals surface area contributed by atoms with Crippen molar-refractivity contribution in [2.24, 2.45) is 5.92 Å². The monoisotopic (exact) mass is 548 g/mol. The molecule has 3 aromatic rings. The Bertz CT molecular complexity index is 1340. The first-order valence-corrected chi connectivity index (χ1v) is 13.2. The van der Waals surface area contributed by atoms with Gasteiger partial charge in [-0.1, -0.05) is 63.4 Å². The first kappa shape index (κ1) is 21.8. The van der Waals surface area contributed by atoms with Gasteiger partial charge in [-0.15, -0.1) is 0 Å². The Kier molecular flexibility index (Phi) is 5.74. The molecule has 0 saturated carbocycles. The predicted octanol–water partition coefficient (Wildman–Crippen LogP) is 7.38. The molecule has 2 N–H and O–H groups in total. The molecule has 0 fully saturated rings. The van der Waals surface area contributed by atoms with E-state index in [-0.39, 0.29) is 21.9 Å². The second-order valence-electron chi connectivity index (χ2n) is 8.01. The van der Waals surface area contributed by atoms with Gasteiger partial charge in [0.05, 0.1) is 21.6 Å². The molecule has 4 nitrogen and oxygen atoms in total. The lowest BCUT2D eigenvalue weighted by molar-refractivity contribution is 0.425. The van der Waals surface area contributed by atoms with Gasteiger partial charge >= 0.3 is 0 Å². The summed E-state index contributed by atoms with van der Waals surface area (Å²) in [6.45, 7) is 0. The molecule has 0 aromatic heterocycles. The number of halogens is 3. The van der Waals surface area contributed by atoms with Gasteiger partial charge in [0.15, 0.2) is 0 Å². The fraction of sp³-hybridized carbons (Fsp3) is 0.167. The quantitative estimate of drug-likeness (QED) is 0.334. The van der Waals surface area contributed by atoms with Crippen molar-refractivity contribution in [2.45, 2.75) is 23.3 Å². The van der Waals surface area contributed by atoms with Gasteiger partial charge in [0, 0.05) is 21.1 Å². The summed E-state index contributed by atoms with van der Waals surface area (Å²) < 4.78 is 29.8. The third-order valence-corrected chi connectivity index (χ3v) is 8.43. The number of allylic oxidation sites excluding steroid dienone is 2. The maximum absolute atomic E-state index is 13.1. The van der Waals surface area contributed by atoms with Crippen LogP contribution in [0.2, 0.25) is 10.0 Å². The van der Waals surface area contributed by atoms with E-state index in [1.165, 1.54) is 11.6 Å². The van der Waals surface area contributed by atoms with Gasteiger partial charge in [0.1, 0.15) is 0 Å². The maximum Gasteiger partial charge on any atom is 0.261 e. The number of benzene rings is 3. The van der Waals surface area contributed by atoms with Gasteiger partial charge in [0.2, 0.25) is 0 Å². The van der Waals surface area contributed by atoms with Crippen LogP contribution in [0.3, 0.4) is 0 Å². The molecule has 1 aliphatic carbocycles. The maximum atomic E-state index is 13.1. The van der Waals surface area contributed by atoms with E-state index in [9.17, 15) is 8.42 Å². The Balaban J connectivity index is 1.49. The number of hydrogen-bond acceptors (Lipinski definition) is 3. The van der Waals surface area contributed by atoms with Crippen molar-refractivity contribution >= 4 is 60.5 Å². The first-order chi connectivity index (χ1) is 15.3. The Labute approximate surface area is 205 Å². The molecule has 164 valence electrons. The minimum atomic E-state index is -3.82. The number of nitrogens with one attached hydrogen (secondary N) is 2. The molecule has 0 radical (unpaired) electrons. The molecule has 1 heterocycles. The number of fused-ring (bicyclic) bond motifs is 3. The molecule has 0 unspecified atom stereocenters. The van der Waals surface area contributed by atoms with Crippen molar-refractivity contribution in [3.63, 3.8) is 0 Å². The van der Waals surface area contributed by atoms with Crippen LogP contribution in [0.4, 0.5) is 11.4 Å². The number of hydrogen-bond donors (Lipinski definition) is 2. The van der Waals surface area contributed by atoms with Crippen LogP contribution in [-0.4, -0.2) is 8.42 Å². The standard InChI is InChI=1S/C24H19BrCl2N2O2S/c25-15-4-1-3-14(11-15)24-19-6-2-5-18(19)20-13-17(8-10-22(20)28-24)32(30,31)29-23-9-7-16(26)12-21(23)27/h1-5,7-13,18-19,24,28-29H,6H2/t18-,19+,24+/m0/s1. The summed E-state index contributed by atoms with van der Waals surface area (Å²) in [6.07, 6.45) is 5.31. The van der Waals surface area contributed by atoms with Gasteiger partial charge in [-0.3, -0.25) is 4.72 Å². The van der Waals surface area contributed by atoms with Crippen LogP contribution in [0.1, 0.15) is 29.5 Å². The zero-order valence-corrected chi connectivity index (χ0v) is 20.6. The molecule has 32 heavy (non-hydrogen) atoms. The van der Waals surface area contributed by atoms with Crippen molar-refractivity contribution in [3.8, 4) is 0 Å². The molecular formula is C24H19BrCl2N2O2S. The van der Waals surface area contributed by atoms with Gasteiger partial charge in [-0.25, -0.2) is 8.42 Å². The second kappa shape index (κ2) is 8.41. The summed E-state index contributed by atoms with van der Waals surface area (Å²) in [5.74, 6) is 0.456. The first-order valence-electron chi connectivity index (χ1n) is 10.1. The van der Waals surface area contributed by atoms with Gasteiger partial charge in [-0.05, 0) is 72.0 Å². The zero-order valence-electron chi connectivity index (χ0n) is 16.7. The number of anilines is 2. The lowest BCUT2D eigenvalue weighted by atomic mass is 9.77. The molecule has 0 saturated heterocycles. The molecule has 5 rings (SSSR count). The summed E-state index contributed by atoms with van der Waals surface area (Å²) in [5.41, 5.74) is 3.44. The third kappa shape index (κ3) is 4.05. The Morgan fingerprint density at radius 2 is 1.88 bits per heavy atom. The van der Waals surface area contributed by atoms with Crippen molar-refractivity contribution < 1.29 is 8.42 Å². The molecular weight excluding hydrogens is 531 g/mol. The van der Waals surface area contributed by atoms with Crippen LogP contribution >= 0.6 is 39.1 Å². The summed E-state index contributed by atoms with van der Waals surface area (Å²) in [4.78, 5) is 0.198. The summed E-state index contributed by atoms with van der Waals surface area (Å²) in [5, 5.41) is 4.33. The van der Waals surface area contributed by atoms with Crippen LogP contribution in [0.5, 0.6) is 0 Å². The average molecular weight is 550 g/mol. The molecule has 3 atom stereocenters. The van der Waals surface area contributed by atoms with E-state index in [0.717, 1.165) is 22.1 Å². The molecule has 0 spiro atoms. The van der Waals surface area contributed by atoms with E-state index >= 15 is 0 Å². The van der Waals surface area contributed by atoms with E-state index in [0.29, 0.717) is 16.6 Å². The van der Waals surface area contributed by atoms with Crippen molar-refractivity contribution in [2.75, 3.05) is 10.0 Å². The summed E-state index contributed by atoms with van der Waals surface area (Å²) in [6, 6.07) is 18.4. The van der Waals surface area contributed by atoms with Crippen LogP contribution in [0.15, 0.2) is 82.2 Å². The fourth-order valence-corrected chi connectivity index (χ4v) is 6.59. The molecule has 2 aliphatic rings. The largest absolute Gasteiger partial charge is 0.378 e. The molecule has 8 heteroatoms. The van der Waals surface area contributed by atoms with Crippen LogP contribution in [0.25, 0.3) is 0 Å². The van der Waals surface area contributed by atoms with E-state index in [1.54, 1.807) is 24.3 Å². The van der Waals surface area contributed by atoms with Gasteiger partial charge in [0.25, 0.3) is 10.0 Å². The molecule has 0 bridgehead atoms. The second-order valence-corrected chi connectivity index (χ2v) is 11.5. The van der Waals surface area contributed by atoms with Crippen molar-refractivity contribution in [3.05, 3.63) is 98.5 Å². The third-order valence-electron chi connectivity index (χ3n) is 6.03. The van der Waals surface area contributed by atoms with E-state index in [2.05, 4.69) is 50.3 Å². The van der Waals surface area contributed by atoms with Crippen LogP contribution < -0.4 is 10.0 Å². The highest BCUT2D eigenvalue weighted by Gasteiger charge is 2.38. The number of rotatable bonds is 4. The molecule has 3 aromatic carbocycles. The topological polar surface area (TPSA) is 58.2 Å². The lowest BCUT2D eigenvalue weighted by Crippen LogP contribution is -2.29. The van der Waals surface area contributed by atoms with Crippen LogP contribution in [-0.2, 0) is 10.0 Å². The lowest BCUT2D eigenvalue weighted by Gasteiger charge is -2.37. The van der Waals surface area contributed by atoms with Gasteiger partial charge < -0.3 is 5.32 Å². The van der Waals surface area contributed by atoms with Gasteiger partial charge in [-0.2, -0.15) is 0 Å². The smallest absolute Gasteiger partial charge is 0.261 e. The molecule has 1 aliphatic heterocycles. The Morgan fingerprint density at radius 3 is 2.66 bits per heavy atom. The van der Waals surface area contributed by atoms with Crippen molar-refractivity contribution in [1.29, 1.82) is 0 Å². The van der Waals surface area contributed by atoms with Crippen molar-refractivity contribution in [1.82, 2.24) is 0 Å². The van der Waals surface area contributed by atoms with E-state index in [4.69, 9.17) is 23.2 Å². The van der Waals surface area contributed by atoms with E-state index in [1.807, 2.05) is 18.2 Å². The molecule has 0 amide bonds. The average Bonchev–Trinajstić information content (AvgIpc) is 3.25. The Hall–Kier alpha value is -1.99. The highest BCUT2D eigenvalue weighted by atomic mass is 79.9. The predicted molar refractivity (Wildman–Crippen MR) is 134 cm³/mol. The SMILES string of the molecule is O=S(=O)(Nc1ccc(Cl)cc1Cl)c1ccc2c(c1)[C@H]1C=CC[C@H]1[C@@H](c1cccc(Br)c1)N2. The highest BCUT2D eigenvalue weighted by Crippen LogP contribution is 2.50. The summed E-state index contributed by atoms with van der Waals surface area (Å²) >= 11 is 15.7. The fourth-order valence-electron chi connectivity index (χ4n) is 4.55. The minimum Gasteiger partial charge on any atom is -0.378 e. The zero-order chi connectivity index (χ0) is 22.5. The Morgan fingerprint density at radius 1 is 1.03 bits per heavy atom. The van der Waals surface area contributed by atoms with Crippen LogP contribution in [0, 0.1) is 5.92 Å². The minimum absolute atomic E-state index is 0.143. The normalized spacial score (nSPS) is 21.5. The van der Waals surface area contributed by atoms with E-state index < -0.39 is 10.0 Å². The number of sulfonamides is 1. The highest BCUT2D eigenvalue weighted by molar-refractivity contribution is 9.10.